The van der Waals surface area contributed by atoms with Gasteiger partial charge in [-0.05, 0) is 43.1 Å². The Morgan fingerprint density at radius 2 is 2.22 bits per heavy atom. The molecule has 0 radical (unpaired) electrons. The van der Waals surface area contributed by atoms with Gasteiger partial charge in [0.15, 0.2) is 6.10 Å². The van der Waals surface area contributed by atoms with E-state index in [1.165, 1.54) is 0 Å². The van der Waals surface area contributed by atoms with Crippen LogP contribution in [0.3, 0.4) is 0 Å². The van der Waals surface area contributed by atoms with E-state index in [0.717, 1.165) is 35.3 Å². The molecule has 1 atom stereocenters. The number of halogens is 1. The van der Waals surface area contributed by atoms with Crippen molar-refractivity contribution >= 4 is 15.9 Å². The maximum Gasteiger partial charge on any atom is 0.184 e. The van der Waals surface area contributed by atoms with Crippen LogP contribution in [0.2, 0.25) is 0 Å². The summed E-state index contributed by atoms with van der Waals surface area (Å²) in [5.74, 6) is 0.750. The van der Waals surface area contributed by atoms with Crippen molar-refractivity contribution in [2.45, 2.75) is 39.3 Å². The Labute approximate surface area is 117 Å². The molecule has 3 nitrogen and oxygen atoms in total. The first kappa shape index (κ1) is 15.0. The number of nitrogens with one attached hydrogen (secondary N) is 1. The van der Waals surface area contributed by atoms with Crippen molar-refractivity contribution in [2.24, 2.45) is 0 Å². The number of hydrogen-bond donors (Lipinski definition) is 1. The Kier molecular flexibility index (Phi) is 6.77. The molecule has 4 heteroatoms. The molecule has 0 aromatic heterocycles. The largest absolute Gasteiger partial charge is 0.476 e. The summed E-state index contributed by atoms with van der Waals surface area (Å²) in [5.41, 5.74) is 1.15. The maximum atomic E-state index is 8.89. The van der Waals surface area contributed by atoms with Gasteiger partial charge in [-0.15, -0.1) is 0 Å². The summed E-state index contributed by atoms with van der Waals surface area (Å²) in [4.78, 5) is 0. The molecule has 0 aliphatic rings. The van der Waals surface area contributed by atoms with Crippen molar-refractivity contribution in [3.63, 3.8) is 0 Å². The van der Waals surface area contributed by atoms with Crippen LogP contribution < -0.4 is 10.1 Å². The van der Waals surface area contributed by atoms with Gasteiger partial charge in [0.25, 0.3) is 0 Å². The third-order valence-corrected chi connectivity index (χ3v) is 3.33. The Balaban J connectivity index is 2.71. The lowest BCUT2D eigenvalue weighted by Gasteiger charge is -2.13. The van der Waals surface area contributed by atoms with Crippen molar-refractivity contribution in [2.75, 3.05) is 6.54 Å². The van der Waals surface area contributed by atoms with Crippen LogP contribution in [-0.4, -0.2) is 12.6 Å². The average Bonchev–Trinajstić information content (AvgIpc) is 2.39. The topological polar surface area (TPSA) is 45.0 Å². The molecule has 0 fully saturated rings. The highest BCUT2D eigenvalue weighted by atomic mass is 79.9. The van der Waals surface area contributed by atoms with E-state index in [1.807, 2.05) is 25.1 Å². The third-order valence-electron chi connectivity index (χ3n) is 2.55. The number of benzene rings is 1. The molecule has 98 valence electrons. The summed E-state index contributed by atoms with van der Waals surface area (Å²) < 4.78 is 6.66. The van der Waals surface area contributed by atoms with Gasteiger partial charge in [-0.1, -0.05) is 29.8 Å². The highest BCUT2D eigenvalue weighted by molar-refractivity contribution is 9.10. The van der Waals surface area contributed by atoms with Crippen LogP contribution in [0.1, 0.15) is 32.3 Å². The molecule has 1 N–H and O–H groups in total. The molecule has 0 aliphatic carbocycles. The first-order chi connectivity index (χ1) is 8.71. The lowest BCUT2D eigenvalue weighted by atomic mass is 10.2. The van der Waals surface area contributed by atoms with E-state index in [1.54, 1.807) is 0 Å². The predicted molar refractivity (Wildman–Crippen MR) is 76.5 cm³/mol. The van der Waals surface area contributed by atoms with Crippen LogP contribution in [0.25, 0.3) is 0 Å². The van der Waals surface area contributed by atoms with Gasteiger partial charge in [0.2, 0.25) is 0 Å². The molecular formula is C14H19BrN2O. The van der Waals surface area contributed by atoms with E-state index in [0.29, 0.717) is 6.42 Å². The van der Waals surface area contributed by atoms with Gasteiger partial charge in [-0.3, -0.25) is 0 Å². The first-order valence-corrected chi connectivity index (χ1v) is 7.06. The van der Waals surface area contributed by atoms with Gasteiger partial charge in [0.1, 0.15) is 11.8 Å². The number of nitriles is 1. The lowest BCUT2D eigenvalue weighted by molar-refractivity contribution is 0.251. The standard InChI is InChI=1S/C14H19BrN2O/c1-3-7-17-10-11-8-13(5-6-14(11)15)18-12(4-2)9-16/h5-6,8,12,17H,3-4,7,10H2,1-2H3. The van der Waals surface area contributed by atoms with E-state index < -0.39 is 0 Å². The zero-order valence-electron chi connectivity index (χ0n) is 10.9. The first-order valence-electron chi connectivity index (χ1n) is 6.26. The van der Waals surface area contributed by atoms with E-state index in [2.05, 4.69) is 34.2 Å². The fraction of sp³-hybridized carbons (Fsp3) is 0.500. The van der Waals surface area contributed by atoms with Crippen molar-refractivity contribution in [1.82, 2.24) is 5.32 Å². The van der Waals surface area contributed by atoms with Crippen LogP contribution >= 0.6 is 15.9 Å². The Morgan fingerprint density at radius 3 is 2.83 bits per heavy atom. The van der Waals surface area contributed by atoms with Gasteiger partial charge in [0.05, 0.1) is 0 Å². The minimum Gasteiger partial charge on any atom is -0.476 e. The van der Waals surface area contributed by atoms with Crippen molar-refractivity contribution < 1.29 is 4.74 Å². The van der Waals surface area contributed by atoms with Gasteiger partial charge < -0.3 is 10.1 Å². The zero-order valence-corrected chi connectivity index (χ0v) is 12.5. The summed E-state index contributed by atoms with van der Waals surface area (Å²) in [6, 6.07) is 7.96. The number of hydrogen-bond acceptors (Lipinski definition) is 3. The minimum atomic E-state index is -0.373. The maximum absolute atomic E-state index is 8.89. The van der Waals surface area contributed by atoms with Crippen molar-refractivity contribution in [1.29, 1.82) is 5.26 Å². The second-order valence-electron chi connectivity index (χ2n) is 4.07. The molecule has 0 spiro atoms. The van der Waals surface area contributed by atoms with Crippen molar-refractivity contribution in [3.05, 3.63) is 28.2 Å². The molecule has 0 bridgehead atoms. The Bertz CT molecular complexity index is 415. The zero-order chi connectivity index (χ0) is 13.4. The smallest absolute Gasteiger partial charge is 0.184 e. The van der Waals surface area contributed by atoms with Crippen LogP contribution in [-0.2, 0) is 6.54 Å². The molecule has 1 aromatic carbocycles. The van der Waals surface area contributed by atoms with Gasteiger partial charge in [0, 0.05) is 11.0 Å². The van der Waals surface area contributed by atoms with Crippen LogP contribution in [0.4, 0.5) is 0 Å². The SMILES string of the molecule is CCCNCc1cc(OC(C#N)CC)ccc1Br. The highest BCUT2D eigenvalue weighted by Gasteiger charge is 2.08. The molecule has 1 aromatic rings. The monoisotopic (exact) mass is 310 g/mol. The minimum absolute atomic E-state index is 0.373. The van der Waals surface area contributed by atoms with Gasteiger partial charge in [-0.25, -0.2) is 0 Å². The molecule has 18 heavy (non-hydrogen) atoms. The summed E-state index contributed by atoms with van der Waals surface area (Å²) in [5, 5.41) is 12.2. The molecule has 0 aliphatic heterocycles. The number of rotatable bonds is 7. The van der Waals surface area contributed by atoms with Crippen molar-refractivity contribution in [3.8, 4) is 11.8 Å². The molecular weight excluding hydrogens is 292 g/mol. The normalized spacial score (nSPS) is 11.9. The average molecular weight is 311 g/mol. The predicted octanol–water partition coefficient (Wildman–Crippen LogP) is 3.63. The van der Waals surface area contributed by atoms with Gasteiger partial charge >= 0.3 is 0 Å². The molecule has 0 saturated carbocycles. The fourth-order valence-electron chi connectivity index (χ4n) is 1.52. The third kappa shape index (κ3) is 4.67. The van der Waals surface area contributed by atoms with E-state index >= 15 is 0 Å². The Morgan fingerprint density at radius 1 is 1.44 bits per heavy atom. The number of ether oxygens (including phenoxy) is 1. The molecule has 0 saturated heterocycles. The molecule has 0 heterocycles. The van der Waals surface area contributed by atoms with Crippen LogP contribution in [0.5, 0.6) is 5.75 Å². The van der Waals surface area contributed by atoms with Crippen LogP contribution in [0.15, 0.2) is 22.7 Å². The summed E-state index contributed by atoms with van der Waals surface area (Å²) >= 11 is 3.52. The van der Waals surface area contributed by atoms with E-state index in [9.17, 15) is 0 Å². The molecule has 0 amide bonds. The second kappa shape index (κ2) is 8.12. The highest BCUT2D eigenvalue weighted by Crippen LogP contribution is 2.23. The van der Waals surface area contributed by atoms with Crippen LogP contribution in [0, 0.1) is 11.3 Å². The van der Waals surface area contributed by atoms with E-state index in [-0.39, 0.29) is 6.10 Å². The molecule has 1 unspecified atom stereocenters. The molecule has 1 rings (SSSR count). The fourth-order valence-corrected chi connectivity index (χ4v) is 1.91. The van der Waals surface area contributed by atoms with E-state index in [4.69, 9.17) is 10.00 Å². The summed E-state index contributed by atoms with van der Waals surface area (Å²) in [6.07, 6.45) is 1.43. The Hall–Kier alpha value is -1.05. The number of nitrogens with zero attached hydrogens (tertiary/aromatic N) is 1. The quantitative estimate of drug-likeness (QED) is 0.782. The summed E-state index contributed by atoms with van der Waals surface area (Å²) in [7, 11) is 0. The van der Waals surface area contributed by atoms with Gasteiger partial charge in [-0.2, -0.15) is 5.26 Å². The lowest BCUT2D eigenvalue weighted by Crippen LogP contribution is -2.15. The second-order valence-corrected chi connectivity index (χ2v) is 4.93. The summed E-state index contributed by atoms with van der Waals surface area (Å²) in [6.45, 7) is 5.87.